The lowest BCUT2D eigenvalue weighted by Gasteiger charge is -2.47. The molecule has 1 N–H and O–H groups in total. The SMILES string of the molecule is COC[C@@H]1[C@@H](NC(=O)c2cc(-c3ccccc3)on2)[C@@H]2CCO[C@H]12. The van der Waals surface area contributed by atoms with E-state index in [2.05, 4.69) is 10.5 Å². The van der Waals surface area contributed by atoms with Crippen LogP contribution in [0.4, 0.5) is 0 Å². The zero-order chi connectivity index (χ0) is 16.5. The van der Waals surface area contributed by atoms with Crippen molar-refractivity contribution < 1.29 is 18.8 Å². The molecule has 2 aliphatic rings. The van der Waals surface area contributed by atoms with E-state index in [1.807, 2.05) is 30.3 Å². The van der Waals surface area contributed by atoms with Gasteiger partial charge in [0.05, 0.1) is 12.7 Å². The smallest absolute Gasteiger partial charge is 0.273 e. The van der Waals surface area contributed by atoms with E-state index in [0.29, 0.717) is 24.0 Å². The van der Waals surface area contributed by atoms with Crippen molar-refractivity contribution in [3.05, 3.63) is 42.1 Å². The molecule has 1 aliphatic carbocycles. The molecule has 4 atom stereocenters. The second kappa shape index (κ2) is 6.37. The number of amides is 1. The van der Waals surface area contributed by atoms with Crippen molar-refractivity contribution in [2.24, 2.45) is 11.8 Å². The highest BCUT2D eigenvalue weighted by molar-refractivity contribution is 5.93. The van der Waals surface area contributed by atoms with Crippen LogP contribution >= 0.6 is 0 Å². The minimum Gasteiger partial charge on any atom is -0.384 e. The monoisotopic (exact) mass is 328 g/mol. The fourth-order valence-corrected chi connectivity index (χ4v) is 3.78. The Labute approximate surface area is 140 Å². The van der Waals surface area contributed by atoms with Crippen LogP contribution in [0.1, 0.15) is 16.9 Å². The van der Waals surface area contributed by atoms with Crippen LogP contribution in [0.5, 0.6) is 0 Å². The van der Waals surface area contributed by atoms with Gasteiger partial charge < -0.3 is 19.3 Å². The predicted molar refractivity (Wildman–Crippen MR) is 86.4 cm³/mol. The fraction of sp³-hybridized carbons (Fsp3) is 0.444. The molecule has 24 heavy (non-hydrogen) atoms. The molecule has 6 heteroatoms. The number of carbonyl (C=O) groups is 1. The zero-order valence-electron chi connectivity index (χ0n) is 13.5. The highest BCUT2D eigenvalue weighted by Crippen LogP contribution is 2.43. The average molecular weight is 328 g/mol. The third kappa shape index (κ3) is 2.61. The standard InChI is InChI=1S/C18H20N2O4/c1-22-10-13-16(12-7-8-23-17(12)13)19-18(21)14-9-15(24-20-14)11-5-3-2-4-6-11/h2-6,9,12-13,16-17H,7-8,10H2,1H3,(H,19,21)/t12-,13+,16-,17-/m0/s1. The third-order valence-electron chi connectivity index (χ3n) is 4.99. The van der Waals surface area contributed by atoms with Gasteiger partial charge in [-0.25, -0.2) is 0 Å². The molecule has 0 bridgehead atoms. The number of fused-ring (bicyclic) bond motifs is 1. The van der Waals surface area contributed by atoms with Crippen molar-refractivity contribution in [3.8, 4) is 11.3 Å². The molecule has 2 aromatic rings. The van der Waals surface area contributed by atoms with Crippen molar-refractivity contribution in [3.63, 3.8) is 0 Å². The van der Waals surface area contributed by atoms with E-state index in [1.54, 1.807) is 13.2 Å². The maximum Gasteiger partial charge on any atom is 0.273 e. The highest BCUT2D eigenvalue weighted by Gasteiger charge is 2.54. The Morgan fingerprint density at radius 2 is 2.21 bits per heavy atom. The number of aromatic nitrogens is 1. The van der Waals surface area contributed by atoms with E-state index in [0.717, 1.165) is 18.6 Å². The second-order valence-electron chi connectivity index (χ2n) is 6.35. The molecule has 6 nitrogen and oxygen atoms in total. The molecular formula is C18H20N2O4. The summed E-state index contributed by atoms with van der Waals surface area (Å²) in [5.41, 5.74) is 1.20. The summed E-state index contributed by atoms with van der Waals surface area (Å²) in [6.45, 7) is 1.34. The van der Waals surface area contributed by atoms with Gasteiger partial charge >= 0.3 is 0 Å². The number of benzene rings is 1. The van der Waals surface area contributed by atoms with Crippen molar-refractivity contribution in [1.29, 1.82) is 0 Å². The largest absolute Gasteiger partial charge is 0.384 e. The Balaban J connectivity index is 1.46. The van der Waals surface area contributed by atoms with Crippen LogP contribution in [0, 0.1) is 11.8 Å². The lowest BCUT2D eigenvalue weighted by Crippen LogP contribution is -2.62. The first-order valence-electron chi connectivity index (χ1n) is 8.21. The predicted octanol–water partition coefficient (Wildman–Crippen LogP) is 2.12. The normalized spacial score (nSPS) is 28.2. The molecule has 1 aromatic heterocycles. The van der Waals surface area contributed by atoms with Gasteiger partial charge in [-0.2, -0.15) is 0 Å². The van der Waals surface area contributed by atoms with Gasteiger partial charge in [-0.05, 0) is 6.42 Å². The van der Waals surface area contributed by atoms with Gasteiger partial charge in [0.2, 0.25) is 0 Å². The number of ether oxygens (including phenoxy) is 2. The molecule has 0 spiro atoms. The maximum atomic E-state index is 12.5. The van der Waals surface area contributed by atoms with E-state index in [9.17, 15) is 4.79 Å². The van der Waals surface area contributed by atoms with Gasteiger partial charge in [0.1, 0.15) is 0 Å². The molecule has 2 heterocycles. The quantitative estimate of drug-likeness (QED) is 0.910. The first-order chi connectivity index (χ1) is 11.8. The maximum absolute atomic E-state index is 12.5. The zero-order valence-corrected chi connectivity index (χ0v) is 13.5. The number of rotatable bonds is 5. The van der Waals surface area contributed by atoms with E-state index in [1.165, 1.54) is 0 Å². The number of carbonyl (C=O) groups excluding carboxylic acids is 1. The summed E-state index contributed by atoms with van der Waals surface area (Å²) in [5, 5.41) is 6.99. The second-order valence-corrected chi connectivity index (χ2v) is 6.35. The van der Waals surface area contributed by atoms with Crippen molar-refractivity contribution >= 4 is 5.91 Å². The molecule has 1 saturated carbocycles. The van der Waals surface area contributed by atoms with E-state index >= 15 is 0 Å². The molecule has 1 aromatic carbocycles. The number of methoxy groups -OCH3 is 1. The minimum atomic E-state index is -0.211. The Bertz CT molecular complexity index is 715. The van der Waals surface area contributed by atoms with E-state index in [-0.39, 0.29) is 24.0 Å². The van der Waals surface area contributed by atoms with Crippen LogP contribution < -0.4 is 5.32 Å². The lowest BCUT2D eigenvalue weighted by atomic mass is 9.67. The summed E-state index contributed by atoms with van der Waals surface area (Å²) in [6, 6.07) is 11.4. The van der Waals surface area contributed by atoms with Gasteiger partial charge in [-0.15, -0.1) is 0 Å². The van der Waals surface area contributed by atoms with Gasteiger partial charge in [0.25, 0.3) is 5.91 Å². The molecule has 0 radical (unpaired) electrons. The van der Waals surface area contributed by atoms with Crippen LogP contribution in [-0.4, -0.2) is 43.5 Å². The molecule has 126 valence electrons. The van der Waals surface area contributed by atoms with Crippen molar-refractivity contribution in [1.82, 2.24) is 10.5 Å². The summed E-state index contributed by atoms with van der Waals surface area (Å²) >= 11 is 0. The Hall–Kier alpha value is -2.18. The topological polar surface area (TPSA) is 73.6 Å². The first-order valence-corrected chi connectivity index (χ1v) is 8.21. The molecule has 4 rings (SSSR count). The lowest BCUT2D eigenvalue weighted by molar-refractivity contribution is -0.0810. The Morgan fingerprint density at radius 1 is 1.38 bits per heavy atom. The molecule has 1 saturated heterocycles. The van der Waals surface area contributed by atoms with Gasteiger partial charge in [0.15, 0.2) is 11.5 Å². The fourth-order valence-electron chi connectivity index (χ4n) is 3.78. The number of hydrogen-bond donors (Lipinski definition) is 1. The Morgan fingerprint density at radius 3 is 3.00 bits per heavy atom. The summed E-state index contributed by atoms with van der Waals surface area (Å²) in [6.07, 6.45) is 1.18. The Kier molecular flexibility index (Phi) is 4.08. The summed E-state index contributed by atoms with van der Waals surface area (Å²) in [7, 11) is 1.67. The van der Waals surface area contributed by atoms with Gasteiger partial charge in [-0.3, -0.25) is 4.79 Å². The van der Waals surface area contributed by atoms with Crippen molar-refractivity contribution in [2.75, 3.05) is 20.3 Å². The van der Waals surface area contributed by atoms with Gasteiger partial charge in [0, 0.05) is 43.2 Å². The summed E-state index contributed by atoms with van der Waals surface area (Å²) < 4.78 is 16.3. The van der Waals surface area contributed by atoms with Crippen molar-refractivity contribution in [2.45, 2.75) is 18.6 Å². The van der Waals surface area contributed by atoms with Crippen LogP contribution in [0.15, 0.2) is 40.9 Å². The number of nitrogens with one attached hydrogen (secondary N) is 1. The first kappa shape index (κ1) is 15.4. The highest BCUT2D eigenvalue weighted by atomic mass is 16.5. The van der Waals surface area contributed by atoms with Crippen LogP contribution in [0.3, 0.4) is 0 Å². The number of hydrogen-bond acceptors (Lipinski definition) is 5. The minimum absolute atomic E-state index is 0.0711. The molecule has 0 unspecified atom stereocenters. The average Bonchev–Trinajstić information content (AvgIpc) is 3.26. The summed E-state index contributed by atoms with van der Waals surface area (Å²) in [4.78, 5) is 12.5. The molecule has 1 amide bonds. The van der Waals surface area contributed by atoms with Gasteiger partial charge in [-0.1, -0.05) is 35.5 Å². The van der Waals surface area contributed by atoms with E-state index in [4.69, 9.17) is 14.0 Å². The van der Waals surface area contributed by atoms with E-state index < -0.39 is 0 Å². The van der Waals surface area contributed by atoms with Crippen LogP contribution in [-0.2, 0) is 9.47 Å². The molecule has 2 fully saturated rings. The molecular weight excluding hydrogens is 308 g/mol. The third-order valence-corrected chi connectivity index (χ3v) is 4.99. The molecule has 1 aliphatic heterocycles. The summed E-state index contributed by atoms with van der Waals surface area (Å²) in [5.74, 6) is 0.948. The van der Waals surface area contributed by atoms with Crippen LogP contribution in [0.25, 0.3) is 11.3 Å². The van der Waals surface area contributed by atoms with Crippen LogP contribution in [0.2, 0.25) is 0 Å². The number of nitrogens with zero attached hydrogens (tertiary/aromatic N) is 1.